The third-order valence-electron chi connectivity index (χ3n) is 6.74. The van der Waals surface area contributed by atoms with Crippen molar-refractivity contribution in [2.45, 2.75) is 57.6 Å². The van der Waals surface area contributed by atoms with E-state index in [9.17, 15) is 26.3 Å². The number of hydrogen-bond donors (Lipinski definition) is 0. The van der Waals surface area contributed by atoms with Crippen molar-refractivity contribution < 1.29 is 35.8 Å². The number of halogens is 6. The Labute approximate surface area is 202 Å². The van der Waals surface area contributed by atoms with E-state index in [-0.39, 0.29) is 59.9 Å². The van der Waals surface area contributed by atoms with Gasteiger partial charge in [0.25, 0.3) is 0 Å². The third kappa shape index (κ3) is 5.00. The molecular formula is C24H24F6N4O2. The van der Waals surface area contributed by atoms with Crippen LogP contribution in [-0.2, 0) is 17.5 Å². The second kappa shape index (κ2) is 9.20. The Hall–Kier alpha value is -2.89. The molecule has 0 spiro atoms. The largest absolute Gasteiger partial charge is 0.474 e. The molecule has 1 saturated carbocycles. The normalized spacial score (nSPS) is 21.5. The summed E-state index contributed by atoms with van der Waals surface area (Å²) in [6, 6.07) is 2.99. The first-order chi connectivity index (χ1) is 17.0. The monoisotopic (exact) mass is 514 g/mol. The number of fused-ring (bicyclic) bond motifs is 1. The summed E-state index contributed by atoms with van der Waals surface area (Å²) in [5.41, 5.74) is -0.165. The summed E-state index contributed by atoms with van der Waals surface area (Å²) in [5.74, 6) is -0.759. The van der Waals surface area contributed by atoms with Crippen molar-refractivity contribution in [3.8, 4) is 17.1 Å². The van der Waals surface area contributed by atoms with Gasteiger partial charge in [0.2, 0.25) is 5.88 Å². The van der Waals surface area contributed by atoms with Crippen LogP contribution in [0.5, 0.6) is 5.88 Å². The second-order valence-corrected chi connectivity index (χ2v) is 9.42. The highest BCUT2D eigenvalue weighted by atomic mass is 19.4. The molecular weight excluding hydrogens is 490 g/mol. The molecule has 2 aliphatic rings. The van der Waals surface area contributed by atoms with E-state index in [0.717, 1.165) is 6.20 Å². The van der Waals surface area contributed by atoms with Crippen molar-refractivity contribution in [1.29, 1.82) is 0 Å². The minimum atomic E-state index is -4.68. The molecule has 1 aliphatic carbocycles. The predicted octanol–water partition coefficient (Wildman–Crippen LogP) is 5.97. The summed E-state index contributed by atoms with van der Waals surface area (Å²) in [5, 5.41) is -0.0695. The smallest absolute Gasteiger partial charge is 0.434 e. The van der Waals surface area contributed by atoms with Crippen LogP contribution in [0.1, 0.15) is 37.2 Å². The molecule has 0 aromatic carbocycles. The first kappa shape index (κ1) is 24.8. The molecule has 6 nitrogen and oxygen atoms in total. The first-order valence-electron chi connectivity index (χ1n) is 11.7. The second-order valence-electron chi connectivity index (χ2n) is 9.42. The number of rotatable bonds is 5. The van der Waals surface area contributed by atoms with Gasteiger partial charge in [0, 0.05) is 41.9 Å². The highest BCUT2D eigenvalue weighted by molar-refractivity contribution is 5.97. The molecule has 0 radical (unpaired) electrons. The number of aromatic nitrogens is 4. The topological polar surface area (TPSA) is 62.1 Å². The van der Waals surface area contributed by atoms with E-state index in [1.54, 1.807) is 17.7 Å². The average molecular weight is 514 g/mol. The Morgan fingerprint density at radius 2 is 1.78 bits per heavy atom. The van der Waals surface area contributed by atoms with Gasteiger partial charge < -0.3 is 14.0 Å². The summed E-state index contributed by atoms with van der Waals surface area (Å²) in [4.78, 5) is 12.2. The minimum absolute atomic E-state index is 0.0376. The van der Waals surface area contributed by atoms with Crippen LogP contribution in [0.15, 0.2) is 24.5 Å². The predicted molar refractivity (Wildman–Crippen MR) is 117 cm³/mol. The van der Waals surface area contributed by atoms with Crippen LogP contribution in [-0.4, -0.2) is 45.0 Å². The molecule has 0 bridgehead atoms. The lowest BCUT2D eigenvalue weighted by atomic mass is 9.87. The van der Waals surface area contributed by atoms with Crippen molar-refractivity contribution in [2.75, 3.05) is 13.2 Å². The maximum absolute atomic E-state index is 13.9. The molecule has 0 unspecified atom stereocenters. The zero-order valence-corrected chi connectivity index (χ0v) is 19.4. The summed E-state index contributed by atoms with van der Waals surface area (Å²) in [6.45, 7) is 3.14. The van der Waals surface area contributed by atoms with Gasteiger partial charge in [-0.1, -0.05) is 0 Å². The molecule has 1 aliphatic heterocycles. The maximum Gasteiger partial charge on any atom is 0.434 e. The summed E-state index contributed by atoms with van der Waals surface area (Å²) in [7, 11) is 0. The van der Waals surface area contributed by atoms with Gasteiger partial charge in [-0.05, 0) is 38.7 Å². The lowest BCUT2D eigenvalue weighted by molar-refractivity contribution is -0.185. The summed E-state index contributed by atoms with van der Waals surface area (Å²) < 4.78 is 93.6. The third-order valence-corrected chi connectivity index (χ3v) is 6.74. The Morgan fingerprint density at radius 1 is 1.06 bits per heavy atom. The van der Waals surface area contributed by atoms with E-state index in [1.807, 2.05) is 0 Å². The Bertz CT molecular complexity index is 1240. The Balaban J connectivity index is 1.49. The molecule has 4 heterocycles. The highest BCUT2D eigenvalue weighted by Crippen LogP contribution is 2.41. The van der Waals surface area contributed by atoms with Gasteiger partial charge in [-0.25, -0.2) is 4.98 Å². The van der Waals surface area contributed by atoms with E-state index in [2.05, 4.69) is 15.0 Å². The van der Waals surface area contributed by atoms with Crippen molar-refractivity contribution in [3.63, 3.8) is 0 Å². The maximum atomic E-state index is 13.9. The SMILES string of the molecule is Cc1nc(OC2CCC(C(F)(F)F)CC2)cc(-c2cn(CC3COC3)c3ccnc(C(F)(F)F)c23)n1. The van der Waals surface area contributed by atoms with E-state index >= 15 is 0 Å². The first-order valence-corrected chi connectivity index (χ1v) is 11.7. The van der Waals surface area contributed by atoms with Gasteiger partial charge in [0.15, 0.2) is 5.69 Å². The number of ether oxygens (including phenoxy) is 2. The van der Waals surface area contributed by atoms with Gasteiger partial charge in [-0.3, -0.25) is 4.98 Å². The minimum Gasteiger partial charge on any atom is -0.474 e. The van der Waals surface area contributed by atoms with Crippen LogP contribution in [0, 0.1) is 18.8 Å². The lowest BCUT2D eigenvalue weighted by Gasteiger charge is -2.29. The fourth-order valence-electron chi connectivity index (χ4n) is 4.89. The molecule has 3 aromatic heterocycles. The van der Waals surface area contributed by atoms with Crippen molar-refractivity contribution in [3.05, 3.63) is 36.0 Å². The fraction of sp³-hybridized carbons (Fsp3) is 0.542. The Kier molecular flexibility index (Phi) is 6.34. The van der Waals surface area contributed by atoms with Gasteiger partial charge in [-0.15, -0.1) is 0 Å². The number of alkyl halides is 6. The van der Waals surface area contributed by atoms with E-state index in [0.29, 0.717) is 25.3 Å². The highest BCUT2D eigenvalue weighted by Gasteiger charge is 2.42. The molecule has 36 heavy (non-hydrogen) atoms. The molecule has 194 valence electrons. The van der Waals surface area contributed by atoms with E-state index < -0.39 is 30.1 Å². The molecule has 2 fully saturated rings. The van der Waals surface area contributed by atoms with E-state index in [4.69, 9.17) is 9.47 Å². The quantitative estimate of drug-likeness (QED) is 0.393. The van der Waals surface area contributed by atoms with E-state index in [1.165, 1.54) is 12.1 Å². The van der Waals surface area contributed by atoms with Crippen molar-refractivity contribution >= 4 is 10.9 Å². The average Bonchev–Trinajstić information content (AvgIpc) is 3.13. The number of aryl methyl sites for hydroxylation is 1. The van der Waals surface area contributed by atoms with Crippen LogP contribution in [0.2, 0.25) is 0 Å². The number of nitrogens with zero attached hydrogens (tertiary/aromatic N) is 4. The molecule has 0 amide bonds. The number of hydrogen-bond acceptors (Lipinski definition) is 5. The van der Waals surface area contributed by atoms with Gasteiger partial charge in [-0.2, -0.15) is 31.3 Å². The molecule has 5 rings (SSSR count). The molecule has 12 heteroatoms. The summed E-state index contributed by atoms with van der Waals surface area (Å²) in [6.07, 6.45) is -6.25. The zero-order valence-electron chi connectivity index (χ0n) is 19.4. The van der Waals surface area contributed by atoms with Crippen LogP contribution in [0.25, 0.3) is 22.2 Å². The standard InChI is InChI=1S/C24H24F6N4O2/c1-13-32-18(8-20(33-13)36-16-4-2-15(3-5-16)23(25,26)27)17-10-34(9-14-11-35-12-14)19-6-7-31-22(21(17)19)24(28,29)30/h6-8,10,14-16H,2-5,9,11-12H2,1H3. The van der Waals surface area contributed by atoms with Crippen molar-refractivity contribution in [1.82, 2.24) is 19.5 Å². The summed E-state index contributed by atoms with van der Waals surface area (Å²) >= 11 is 0. The Morgan fingerprint density at radius 3 is 2.39 bits per heavy atom. The molecule has 1 saturated heterocycles. The fourth-order valence-corrected chi connectivity index (χ4v) is 4.89. The van der Waals surface area contributed by atoms with Gasteiger partial charge >= 0.3 is 12.4 Å². The van der Waals surface area contributed by atoms with Crippen LogP contribution < -0.4 is 4.74 Å². The van der Waals surface area contributed by atoms with Crippen molar-refractivity contribution in [2.24, 2.45) is 11.8 Å². The lowest BCUT2D eigenvalue weighted by Crippen LogP contribution is -2.32. The van der Waals surface area contributed by atoms with Crippen LogP contribution in [0.4, 0.5) is 26.3 Å². The molecule has 0 atom stereocenters. The zero-order chi connectivity index (χ0) is 25.7. The number of pyridine rings is 1. The van der Waals surface area contributed by atoms with Crippen LogP contribution >= 0.6 is 0 Å². The molecule has 3 aromatic rings. The van der Waals surface area contributed by atoms with Gasteiger partial charge in [0.05, 0.1) is 30.3 Å². The van der Waals surface area contributed by atoms with Gasteiger partial charge in [0.1, 0.15) is 11.9 Å². The molecule has 0 N–H and O–H groups in total. The van der Waals surface area contributed by atoms with Crippen LogP contribution in [0.3, 0.4) is 0 Å².